The van der Waals surface area contributed by atoms with E-state index in [2.05, 4.69) is 27.4 Å². The number of nitro groups is 1. The summed E-state index contributed by atoms with van der Waals surface area (Å²) in [7, 11) is 1.67. The van der Waals surface area contributed by atoms with Crippen LogP contribution in [0.5, 0.6) is 0 Å². The van der Waals surface area contributed by atoms with Crippen molar-refractivity contribution in [3.63, 3.8) is 0 Å². The van der Waals surface area contributed by atoms with Crippen LogP contribution in [0.3, 0.4) is 0 Å². The van der Waals surface area contributed by atoms with E-state index >= 15 is 0 Å². The summed E-state index contributed by atoms with van der Waals surface area (Å²) >= 11 is 0. The summed E-state index contributed by atoms with van der Waals surface area (Å²) in [6, 6.07) is 7.97. The summed E-state index contributed by atoms with van der Waals surface area (Å²) in [6.45, 7) is 2.93. The Bertz CT molecular complexity index is 814. The molecule has 1 aliphatic heterocycles. The number of piperidine rings is 1. The molecule has 1 atom stereocenters. The number of nitrogens with one attached hydrogen (secondary N) is 2. The molecule has 1 unspecified atom stereocenters. The summed E-state index contributed by atoms with van der Waals surface area (Å²) in [5.74, 6) is 0.203. The Morgan fingerprint density at radius 1 is 1.31 bits per heavy atom. The lowest BCUT2D eigenvalue weighted by atomic mass is 10.0. The van der Waals surface area contributed by atoms with Crippen LogP contribution in [0, 0.1) is 15.9 Å². The van der Waals surface area contributed by atoms with Gasteiger partial charge in [0.25, 0.3) is 0 Å². The van der Waals surface area contributed by atoms with Crippen LogP contribution in [0.2, 0.25) is 0 Å². The summed E-state index contributed by atoms with van der Waals surface area (Å²) in [5.41, 5.74) is 0.812. The van der Waals surface area contributed by atoms with Crippen molar-refractivity contribution in [3.05, 3.63) is 46.3 Å². The number of halogens is 1. The third-order valence-corrected chi connectivity index (χ3v) is 4.65. The maximum atomic E-state index is 14.7. The van der Waals surface area contributed by atoms with Crippen molar-refractivity contribution in [2.24, 2.45) is 0 Å². The van der Waals surface area contributed by atoms with E-state index in [9.17, 15) is 14.5 Å². The molecule has 0 radical (unpaired) electrons. The lowest BCUT2D eigenvalue weighted by Gasteiger charge is -2.35. The summed E-state index contributed by atoms with van der Waals surface area (Å²) in [4.78, 5) is 16.9. The summed E-state index contributed by atoms with van der Waals surface area (Å²) < 4.78 is 14.7. The Hall–Kier alpha value is -2.90. The molecule has 0 amide bonds. The normalized spacial score (nSPS) is 17.0. The van der Waals surface area contributed by atoms with Gasteiger partial charge in [0.15, 0.2) is 0 Å². The van der Waals surface area contributed by atoms with Crippen molar-refractivity contribution in [2.45, 2.75) is 32.2 Å². The summed E-state index contributed by atoms with van der Waals surface area (Å²) in [6.07, 6.45) is 3.26. The zero-order chi connectivity index (χ0) is 18.7. The van der Waals surface area contributed by atoms with Crippen LogP contribution in [0.4, 0.5) is 33.1 Å². The molecule has 8 heteroatoms. The number of anilines is 4. The maximum absolute atomic E-state index is 14.7. The molecule has 26 heavy (non-hydrogen) atoms. The highest BCUT2D eigenvalue weighted by atomic mass is 19.1. The fraction of sp³-hybridized carbons (Fsp3) is 0.389. The second-order valence-electron chi connectivity index (χ2n) is 6.40. The topological polar surface area (TPSA) is 83.3 Å². The monoisotopic (exact) mass is 359 g/mol. The van der Waals surface area contributed by atoms with E-state index in [1.165, 1.54) is 18.2 Å². The van der Waals surface area contributed by atoms with Gasteiger partial charge in [0.05, 0.1) is 10.6 Å². The minimum absolute atomic E-state index is 0.0698. The quantitative estimate of drug-likeness (QED) is 0.612. The van der Waals surface area contributed by atoms with Gasteiger partial charge in [-0.05, 0) is 50.5 Å². The predicted molar refractivity (Wildman–Crippen MR) is 101 cm³/mol. The van der Waals surface area contributed by atoms with Gasteiger partial charge in [-0.15, -0.1) is 0 Å². The molecule has 1 saturated heterocycles. The molecule has 2 heterocycles. The summed E-state index contributed by atoms with van der Waals surface area (Å²) in [5, 5.41) is 16.9. The van der Waals surface area contributed by atoms with Crippen molar-refractivity contribution in [1.82, 2.24) is 4.98 Å². The molecular weight excluding hydrogens is 337 g/mol. The highest BCUT2D eigenvalue weighted by molar-refractivity contribution is 5.69. The van der Waals surface area contributed by atoms with E-state index < -0.39 is 4.92 Å². The lowest BCUT2D eigenvalue weighted by molar-refractivity contribution is -0.384. The van der Waals surface area contributed by atoms with E-state index in [0.29, 0.717) is 23.2 Å². The fourth-order valence-electron chi connectivity index (χ4n) is 3.24. The van der Waals surface area contributed by atoms with Gasteiger partial charge in [-0.2, -0.15) is 0 Å². The molecule has 7 nitrogen and oxygen atoms in total. The third-order valence-electron chi connectivity index (χ3n) is 4.65. The second-order valence-corrected chi connectivity index (χ2v) is 6.40. The first-order valence-electron chi connectivity index (χ1n) is 8.66. The average Bonchev–Trinajstić information content (AvgIpc) is 2.62. The van der Waals surface area contributed by atoms with Gasteiger partial charge in [0.1, 0.15) is 11.6 Å². The first kappa shape index (κ1) is 17.9. The second kappa shape index (κ2) is 7.55. The lowest BCUT2D eigenvalue weighted by Crippen LogP contribution is -2.37. The molecule has 0 bridgehead atoms. The molecule has 3 rings (SSSR count). The third kappa shape index (κ3) is 3.68. The molecule has 0 saturated carbocycles. The molecule has 1 aliphatic rings. The standard InChI is InChI=1S/C18H22FN5O2/c1-12-5-3-4-10-23(12)15-7-6-13(11-14(15)19)21-18-16(24(25)26)8-9-17(20-2)22-18/h6-9,11-12H,3-5,10H2,1-2H3,(H2,20,21,22). The van der Waals surface area contributed by atoms with Gasteiger partial charge >= 0.3 is 5.69 Å². The van der Waals surface area contributed by atoms with Crippen LogP contribution in [-0.2, 0) is 0 Å². The Labute approximate surface area is 151 Å². The molecule has 1 aromatic heterocycles. The van der Waals surface area contributed by atoms with Crippen LogP contribution < -0.4 is 15.5 Å². The smallest absolute Gasteiger partial charge is 0.311 e. The predicted octanol–water partition coefficient (Wildman–Crippen LogP) is 4.29. The first-order valence-corrected chi connectivity index (χ1v) is 8.66. The van der Waals surface area contributed by atoms with Crippen molar-refractivity contribution in [1.29, 1.82) is 0 Å². The van der Waals surface area contributed by atoms with E-state index in [0.717, 1.165) is 25.8 Å². The van der Waals surface area contributed by atoms with Crippen molar-refractivity contribution in [3.8, 4) is 0 Å². The Kier molecular flexibility index (Phi) is 5.20. The number of benzene rings is 1. The number of nitrogens with zero attached hydrogens (tertiary/aromatic N) is 3. The number of hydrogen-bond donors (Lipinski definition) is 2. The Balaban J connectivity index is 1.87. The van der Waals surface area contributed by atoms with Gasteiger partial charge < -0.3 is 15.5 Å². The molecule has 0 aliphatic carbocycles. The molecule has 138 valence electrons. The number of pyridine rings is 1. The molecule has 2 N–H and O–H groups in total. The number of rotatable bonds is 5. The van der Waals surface area contributed by atoms with Gasteiger partial charge in [0.2, 0.25) is 5.82 Å². The largest absolute Gasteiger partial charge is 0.373 e. The Morgan fingerprint density at radius 2 is 2.12 bits per heavy atom. The zero-order valence-corrected chi connectivity index (χ0v) is 14.8. The molecule has 1 fully saturated rings. The van der Waals surface area contributed by atoms with E-state index in [1.54, 1.807) is 19.2 Å². The van der Waals surface area contributed by atoms with Crippen LogP contribution in [0.15, 0.2) is 30.3 Å². The van der Waals surface area contributed by atoms with Gasteiger partial charge in [-0.25, -0.2) is 9.37 Å². The fourth-order valence-corrected chi connectivity index (χ4v) is 3.24. The van der Waals surface area contributed by atoms with Gasteiger partial charge in [0, 0.05) is 31.4 Å². The van der Waals surface area contributed by atoms with Gasteiger partial charge in [-0.3, -0.25) is 10.1 Å². The van der Waals surface area contributed by atoms with E-state index in [1.807, 2.05) is 0 Å². The van der Waals surface area contributed by atoms with E-state index in [4.69, 9.17) is 0 Å². The first-order chi connectivity index (χ1) is 12.5. The van der Waals surface area contributed by atoms with Crippen molar-refractivity contribution >= 4 is 28.7 Å². The molecular formula is C18H22FN5O2. The maximum Gasteiger partial charge on any atom is 0.311 e. The van der Waals surface area contributed by atoms with Gasteiger partial charge in [-0.1, -0.05) is 0 Å². The molecule has 0 spiro atoms. The van der Waals surface area contributed by atoms with Crippen molar-refractivity contribution in [2.75, 3.05) is 29.1 Å². The van der Waals surface area contributed by atoms with Crippen LogP contribution in [-0.4, -0.2) is 29.5 Å². The minimum atomic E-state index is -0.519. The Morgan fingerprint density at radius 3 is 2.77 bits per heavy atom. The SMILES string of the molecule is CNc1ccc([N+](=O)[O-])c(Nc2ccc(N3CCCCC3C)c(F)c2)n1. The van der Waals surface area contributed by atoms with Crippen molar-refractivity contribution < 1.29 is 9.31 Å². The highest BCUT2D eigenvalue weighted by Crippen LogP contribution is 2.31. The zero-order valence-electron chi connectivity index (χ0n) is 14.8. The highest BCUT2D eigenvalue weighted by Gasteiger charge is 2.22. The number of aromatic nitrogens is 1. The van der Waals surface area contributed by atoms with E-state index in [-0.39, 0.29) is 17.3 Å². The van der Waals surface area contributed by atoms with Crippen LogP contribution in [0.25, 0.3) is 0 Å². The molecule has 2 aromatic rings. The van der Waals surface area contributed by atoms with Crippen LogP contribution >= 0.6 is 0 Å². The number of hydrogen-bond acceptors (Lipinski definition) is 6. The van der Waals surface area contributed by atoms with Crippen LogP contribution in [0.1, 0.15) is 26.2 Å². The minimum Gasteiger partial charge on any atom is -0.373 e. The average molecular weight is 359 g/mol. The molecule has 1 aromatic carbocycles.